The number of carbonyl (C=O) groups is 2. The van der Waals surface area contributed by atoms with E-state index in [1.54, 1.807) is 0 Å². The van der Waals surface area contributed by atoms with Gasteiger partial charge in [0.05, 0.1) is 6.42 Å². The minimum atomic E-state index is -0.406. The van der Waals surface area contributed by atoms with Gasteiger partial charge in [-0.1, -0.05) is 31.2 Å². The molecule has 1 saturated heterocycles. The van der Waals surface area contributed by atoms with Gasteiger partial charge in [0.1, 0.15) is 0 Å². The van der Waals surface area contributed by atoms with Crippen LogP contribution in [0.5, 0.6) is 0 Å². The molecule has 2 aromatic carbocycles. The van der Waals surface area contributed by atoms with Crippen LogP contribution in [0.1, 0.15) is 18.1 Å². The third kappa shape index (κ3) is 6.06. The number of aryl methyl sites for hydroxylation is 1. The summed E-state index contributed by atoms with van der Waals surface area (Å²) in [5.41, 5.74) is 3.79. The summed E-state index contributed by atoms with van der Waals surface area (Å²) in [7, 11) is 0. The molecular formula is C23H29N3O3. The fourth-order valence-electron chi connectivity index (χ4n) is 3.44. The van der Waals surface area contributed by atoms with Crippen molar-refractivity contribution in [3.05, 3.63) is 59.7 Å². The largest absolute Gasteiger partial charge is 0.455 e. The lowest BCUT2D eigenvalue weighted by molar-refractivity contribution is -0.146. The van der Waals surface area contributed by atoms with Gasteiger partial charge in [0.15, 0.2) is 6.61 Å². The summed E-state index contributed by atoms with van der Waals surface area (Å²) in [6.07, 6.45) is 0.167. The van der Waals surface area contributed by atoms with E-state index < -0.39 is 5.97 Å². The lowest BCUT2D eigenvalue weighted by Crippen LogP contribution is -2.46. The third-order valence-corrected chi connectivity index (χ3v) is 5.30. The van der Waals surface area contributed by atoms with Crippen molar-refractivity contribution >= 4 is 23.3 Å². The molecule has 1 aliphatic heterocycles. The average molecular weight is 396 g/mol. The Bertz CT molecular complexity index is 828. The normalized spacial score (nSPS) is 14.5. The second-order valence-corrected chi connectivity index (χ2v) is 7.28. The Morgan fingerprint density at radius 2 is 1.69 bits per heavy atom. The number of anilines is 2. The van der Waals surface area contributed by atoms with Crippen molar-refractivity contribution < 1.29 is 14.3 Å². The molecular weight excluding hydrogens is 366 g/mol. The number of ether oxygens (including phenoxy) is 1. The van der Waals surface area contributed by atoms with Crippen LogP contribution in [0.15, 0.2) is 48.5 Å². The van der Waals surface area contributed by atoms with Gasteiger partial charge in [-0.3, -0.25) is 9.59 Å². The standard InChI is InChI=1S/C23H29N3O3/c1-3-25-12-14-26(15-13-25)21-10-8-20(9-11-21)24-22(27)17-29-23(28)16-19-7-5-4-6-18(19)2/h4-11H,3,12-17H2,1-2H3,(H,24,27). The fourth-order valence-corrected chi connectivity index (χ4v) is 3.44. The Hall–Kier alpha value is -2.86. The van der Waals surface area contributed by atoms with E-state index in [1.807, 2.05) is 55.5 Å². The molecule has 0 aromatic heterocycles. The van der Waals surface area contributed by atoms with E-state index in [-0.39, 0.29) is 18.9 Å². The second kappa shape index (κ2) is 10.1. The van der Waals surface area contributed by atoms with Gasteiger partial charge in [0.2, 0.25) is 0 Å². The van der Waals surface area contributed by atoms with Crippen LogP contribution < -0.4 is 10.2 Å². The van der Waals surface area contributed by atoms with Crippen molar-refractivity contribution in [2.45, 2.75) is 20.3 Å². The first kappa shape index (κ1) is 20.9. The van der Waals surface area contributed by atoms with Crippen molar-refractivity contribution in [3.8, 4) is 0 Å². The summed E-state index contributed by atoms with van der Waals surface area (Å²) in [5, 5.41) is 2.78. The van der Waals surface area contributed by atoms with Crippen molar-refractivity contribution in [3.63, 3.8) is 0 Å². The zero-order chi connectivity index (χ0) is 20.6. The molecule has 1 fully saturated rings. The molecule has 0 saturated carbocycles. The monoisotopic (exact) mass is 395 g/mol. The van der Waals surface area contributed by atoms with Gasteiger partial charge < -0.3 is 19.9 Å². The smallest absolute Gasteiger partial charge is 0.310 e. The Balaban J connectivity index is 1.43. The molecule has 0 atom stereocenters. The molecule has 6 heteroatoms. The molecule has 1 N–H and O–H groups in total. The number of amides is 1. The van der Waals surface area contributed by atoms with Crippen LogP contribution in [-0.2, 0) is 20.7 Å². The van der Waals surface area contributed by atoms with Crippen LogP contribution in [0.4, 0.5) is 11.4 Å². The van der Waals surface area contributed by atoms with Crippen LogP contribution in [0.3, 0.4) is 0 Å². The number of hydrogen-bond donors (Lipinski definition) is 1. The van der Waals surface area contributed by atoms with Crippen molar-refractivity contribution in [2.75, 3.05) is 49.5 Å². The van der Waals surface area contributed by atoms with Gasteiger partial charge in [0.25, 0.3) is 5.91 Å². The van der Waals surface area contributed by atoms with Crippen LogP contribution in [0.2, 0.25) is 0 Å². The number of nitrogens with one attached hydrogen (secondary N) is 1. The second-order valence-electron chi connectivity index (χ2n) is 7.28. The van der Waals surface area contributed by atoms with E-state index in [4.69, 9.17) is 4.74 Å². The number of hydrogen-bond acceptors (Lipinski definition) is 5. The summed E-state index contributed by atoms with van der Waals surface area (Å²) in [5.74, 6) is -0.747. The fraction of sp³-hybridized carbons (Fsp3) is 0.391. The zero-order valence-electron chi connectivity index (χ0n) is 17.2. The van der Waals surface area contributed by atoms with Gasteiger partial charge in [-0.2, -0.15) is 0 Å². The summed E-state index contributed by atoms with van der Waals surface area (Å²) >= 11 is 0. The van der Waals surface area contributed by atoms with E-state index in [0.29, 0.717) is 5.69 Å². The molecule has 3 rings (SSSR count). The van der Waals surface area contributed by atoms with E-state index in [0.717, 1.165) is 49.5 Å². The number of carbonyl (C=O) groups excluding carboxylic acids is 2. The molecule has 1 amide bonds. The number of nitrogens with zero attached hydrogens (tertiary/aromatic N) is 2. The highest BCUT2D eigenvalue weighted by Crippen LogP contribution is 2.19. The maximum Gasteiger partial charge on any atom is 0.310 e. The summed E-state index contributed by atoms with van der Waals surface area (Å²) in [6.45, 7) is 9.11. The summed E-state index contributed by atoms with van der Waals surface area (Å²) in [4.78, 5) is 28.9. The average Bonchev–Trinajstić information content (AvgIpc) is 2.74. The quantitative estimate of drug-likeness (QED) is 0.731. The minimum absolute atomic E-state index is 0.167. The van der Waals surface area contributed by atoms with Crippen molar-refractivity contribution in [1.29, 1.82) is 0 Å². The maximum absolute atomic E-state index is 12.1. The topological polar surface area (TPSA) is 61.9 Å². The van der Waals surface area contributed by atoms with E-state index in [9.17, 15) is 9.59 Å². The lowest BCUT2D eigenvalue weighted by Gasteiger charge is -2.35. The SMILES string of the molecule is CCN1CCN(c2ccc(NC(=O)COC(=O)Cc3ccccc3C)cc2)CC1. The molecule has 29 heavy (non-hydrogen) atoms. The van der Waals surface area contributed by atoms with Gasteiger partial charge in [-0.05, 0) is 48.9 Å². The molecule has 6 nitrogen and oxygen atoms in total. The molecule has 1 aliphatic rings. The molecule has 0 bridgehead atoms. The molecule has 0 aliphatic carbocycles. The maximum atomic E-state index is 12.1. The van der Waals surface area contributed by atoms with E-state index in [2.05, 4.69) is 22.0 Å². The highest BCUT2D eigenvalue weighted by molar-refractivity contribution is 5.93. The highest BCUT2D eigenvalue weighted by Gasteiger charge is 2.16. The predicted octanol–water partition coefficient (Wildman–Crippen LogP) is 2.86. The Morgan fingerprint density at radius 1 is 1.00 bits per heavy atom. The first-order valence-corrected chi connectivity index (χ1v) is 10.1. The predicted molar refractivity (Wildman–Crippen MR) is 115 cm³/mol. The third-order valence-electron chi connectivity index (χ3n) is 5.30. The zero-order valence-corrected chi connectivity index (χ0v) is 17.2. The molecule has 2 aromatic rings. The Labute approximate surface area is 172 Å². The van der Waals surface area contributed by atoms with Gasteiger partial charge in [-0.15, -0.1) is 0 Å². The molecule has 0 spiro atoms. The number of likely N-dealkylation sites (N-methyl/N-ethyl adjacent to an activating group) is 1. The van der Waals surface area contributed by atoms with E-state index >= 15 is 0 Å². The molecule has 154 valence electrons. The number of esters is 1. The lowest BCUT2D eigenvalue weighted by atomic mass is 10.1. The first-order chi connectivity index (χ1) is 14.0. The molecule has 0 radical (unpaired) electrons. The number of benzene rings is 2. The number of rotatable bonds is 7. The summed E-state index contributed by atoms with van der Waals surface area (Å²) in [6, 6.07) is 15.4. The minimum Gasteiger partial charge on any atom is -0.455 e. The first-order valence-electron chi connectivity index (χ1n) is 10.1. The molecule has 0 unspecified atom stereocenters. The highest BCUT2D eigenvalue weighted by atomic mass is 16.5. The Kier molecular flexibility index (Phi) is 7.25. The van der Waals surface area contributed by atoms with Crippen LogP contribution in [-0.4, -0.2) is 56.1 Å². The van der Waals surface area contributed by atoms with Crippen molar-refractivity contribution in [1.82, 2.24) is 4.90 Å². The number of piperazine rings is 1. The van der Waals surface area contributed by atoms with Crippen LogP contribution in [0.25, 0.3) is 0 Å². The Morgan fingerprint density at radius 3 is 2.34 bits per heavy atom. The summed E-state index contributed by atoms with van der Waals surface area (Å²) < 4.78 is 5.11. The van der Waals surface area contributed by atoms with Gasteiger partial charge >= 0.3 is 5.97 Å². The van der Waals surface area contributed by atoms with Gasteiger partial charge in [0, 0.05) is 37.6 Å². The van der Waals surface area contributed by atoms with Crippen LogP contribution >= 0.6 is 0 Å². The van der Waals surface area contributed by atoms with Crippen LogP contribution in [0, 0.1) is 6.92 Å². The van der Waals surface area contributed by atoms with Gasteiger partial charge in [-0.25, -0.2) is 0 Å². The van der Waals surface area contributed by atoms with E-state index in [1.165, 1.54) is 0 Å². The van der Waals surface area contributed by atoms with Crippen molar-refractivity contribution in [2.24, 2.45) is 0 Å². The molecule has 1 heterocycles.